The first-order valence-corrected chi connectivity index (χ1v) is 10.2. The second-order valence-electron chi connectivity index (χ2n) is 7.55. The first-order valence-electron chi connectivity index (χ1n) is 10.2. The van der Waals surface area contributed by atoms with E-state index in [4.69, 9.17) is 4.74 Å². The van der Waals surface area contributed by atoms with Gasteiger partial charge in [-0.25, -0.2) is 4.39 Å². The number of piperidine rings is 1. The fraction of sp³-hybridized carbons (Fsp3) is 0.381. The number of rotatable bonds is 6. The highest BCUT2D eigenvalue weighted by atomic mass is 19.4. The molecule has 1 aliphatic heterocycles. The number of aromatic nitrogens is 3. The van der Waals surface area contributed by atoms with Crippen LogP contribution in [-0.4, -0.2) is 51.6 Å². The summed E-state index contributed by atoms with van der Waals surface area (Å²) in [7, 11) is 0. The van der Waals surface area contributed by atoms with Gasteiger partial charge in [-0.2, -0.15) is 13.2 Å². The van der Waals surface area contributed by atoms with E-state index in [-0.39, 0.29) is 29.3 Å². The van der Waals surface area contributed by atoms with Gasteiger partial charge in [0.2, 0.25) is 5.95 Å². The zero-order valence-electron chi connectivity index (χ0n) is 17.2. The molecule has 1 atom stereocenters. The number of ether oxygens (including phenoxy) is 1. The molecular weight excluding hydrogens is 430 g/mol. The van der Waals surface area contributed by atoms with Crippen molar-refractivity contribution < 1.29 is 27.1 Å². The third-order valence-corrected chi connectivity index (χ3v) is 5.56. The van der Waals surface area contributed by atoms with Crippen LogP contribution in [-0.2, 0) is 11.0 Å². The van der Waals surface area contributed by atoms with Crippen LogP contribution in [0.2, 0.25) is 0 Å². The van der Waals surface area contributed by atoms with Crippen LogP contribution >= 0.6 is 0 Å². The summed E-state index contributed by atoms with van der Waals surface area (Å²) in [4.78, 5) is 13.2. The Morgan fingerprint density at radius 1 is 1.28 bits per heavy atom. The Hall–Kier alpha value is -3.21. The molecule has 0 bridgehead atoms. The van der Waals surface area contributed by atoms with Crippen molar-refractivity contribution in [1.29, 1.82) is 0 Å². The number of nitrogens with one attached hydrogen (secondary N) is 1. The van der Waals surface area contributed by atoms with Gasteiger partial charge in [-0.3, -0.25) is 9.20 Å². The summed E-state index contributed by atoms with van der Waals surface area (Å²) >= 11 is 0. The highest BCUT2D eigenvalue weighted by Crippen LogP contribution is 2.38. The zero-order valence-corrected chi connectivity index (χ0v) is 17.2. The van der Waals surface area contributed by atoms with Gasteiger partial charge < -0.3 is 15.0 Å². The summed E-state index contributed by atoms with van der Waals surface area (Å²) in [5.41, 5.74) is -1.01. The second kappa shape index (κ2) is 8.73. The molecule has 11 heteroatoms. The van der Waals surface area contributed by atoms with Crippen LogP contribution in [0, 0.1) is 5.82 Å². The highest BCUT2D eigenvalue weighted by Gasteiger charge is 2.32. The number of benzene rings is 1. The lowest BCUT2D eigenvalue weighted by atomic mass is 10.1. The number of carbonyl (C=O) groups is 1. The molecule has 1 N–H and O–H groups in total. The van der Waals surface area contributed by atoms with Crippen molar-refractivity contribution in [2.45, 2.75) is 32.0 Å². The maximum Gasteiger partial charge on any atom is 0.416 e. The van der Waals surface area contributed by atoms with Gasteiger partial charge in [0, 0.05) is 24.3 Å². The van der Waals surface area contributed by atoms with Crippen LogP contribution in [0.1, 0.15) is 25.3 Å². The van der Waals surface area contributed by atoms with E-state index in [0.29, 0.717) is 12.0 Å². The second-order valence-corrected chi connectivity index (χ2v) is 7.55. The lowest BCUT2D eigenvalue weighted by molar-refractivity contribution is -0.138. The summed E-state index contributed by atoms with van der Waals surface area (Å²) in [5, 5.41) is 11.5. The number of hydrogen-bond acceptors (Lipinski definition) is 6. The summed E-state index contributed by atoms with van der Waals surface area (Å²) in [6.45, 7) is 4.83. The first kappa shape index (κ1) is 22.0. The van der Waals surface area contributed by atoms with E-state index in [9.17, 15) is 22.4 Å². The van der Waals surface area contributed by atoms with Gasteiger partial charge in [0.15, 0.2) is 5.82 Å². The summed E-state index contributed by atoms with van der Waals surface area (Å²) in [6, 6.07) is 3.90. The fourth-order valence-electron chi connectivity index (χ4n) is 3.97. The van der Waals surface area contributed by atoms with Crippen molar-refractivity contribution >= 4 is 17.9 Å². The predicted octanol–water partition coefficient (Wildman–Crippen LogP) is 3.99. The van der Waals surface area contributed by atoms with Gasteiger partial charge in [-0.15, -0.1) is 10.2 Å². The number of fused-ring (bicyclic) bond motifs is 1. The van der Waals surface area contributed by atoms with Gasteiger partial charge in [0.05, 0.1) is 5.56 Å². The van der Waals surface area contributed by atoms with Crippen molar-refractivity contribution in [2.75, 3.05) is 25.0 Å². The lowest BCUT2D eigenvalue weighted by Crippen LogP contribution is -2.42. The number of halogens is 4. The van der Waals surface area contributed by atoms with Crippen molar-refractivity contribution in [3.8, 4) is 17.0 Å². The maximum atomic E-state index is 14.7. The topological polar surface area (TPSA) is 71.8 Å². The Morgan fingerprint density at radius 2 is 2.09 bits per heavy atom. The Morgan fingerprint density at radius 3 is 2.81 bits per heavy atom. The highest BCUT2D eigenvalue weighted by molar-refractivity contribution is 5.82. The number of nitrogens with zero attached hydrogens (tertiary/aromatic N) is 4. The van der Waals surface area contributed by atoms with Crippen LogP contribution in [0.5, 0.6) is 5.75 Å². The van der Waals surface area contributed by atoms with E-state index >= 15 is 0 Å². The summed E-state index contributed by atoms with van der Waals surface area (Å²) < 4.78 is 60.2. The van der Waals surface area contributed by atoms with E-state index in [1.54, 1.807) is 0 Å². The van der Waals surface area contributed by atoms with Crippen molar-refractivity contribution in [3.05, 3.63) is 41.8 Å². The molecule has 170 valence electrons. The largest absolute Gasteiger partial charge is 0.428 e. The smallest absolute Gasteiger partial charge is 0.416 e. The van der Waals surface area contributed by atoms with Crippen LogP contribution in [0.3, 0.4) is 0 Å². The van der Waals surface area contributed by atoms with Gasteiger partial charge in [-0.1, -0.05) is 6.92 Å². The molecular formula is C21H21F4N5O2. The normalized spacial score (nSPS) is 17.5. The zero-order chi connectivity index (χ0) is 22.9. The number of alkyl halides is 3. The number of carbonyl (C=O) groups excluding carboxylic acids is 1. The molecule has 7 nitrogen and oxygen atoms in total. The van der Waals surface area contributed by atoms with Crippen LogP contribution in [0.15, 0.2) is 30.5 Å². The SMILES string of the molecule is CCN1CCC[C@@H](Nc2nnc(-c3ccc(C(F)(F)F)cc3OC=O)c3c(F)ccn23)C1. The Kier molecular flexibility index (Phi) is 6.00. The molecule has 0 spiro atoms. The van der Waals surface area contributed by atoms with Gasteiger partial charge in [0.1, 0.15) is 17.0 Å². The van der Waals surface area contributed by atoms with Crippen molar-refractivity contribution in [3.63, 3.8) is 0 Å². The molecule has 1 saturated heterocycles. The van der Waals surface area contributed by atoms with Gasteiger partial charge >= 0.3 is 6.18 Å². The molecule has 0 amide bonds. The lowest BCUT2D eigenvalue weighted by Gasteiger charge is -2.32. The van der Waals surface area contributed by atoms with Gasteiger partial charge in [-0.05, 0) is 50.2 Å². The van der Waals surface area contributed by atoms with Crippen LogP contribution < -0.4 is 10.1 Å². The van der Waals surface area contributed by atoms with E-state index in [1.165, 1.54) is 16.7 Å². The Balaban J connectivity index is 1.76. The molecule has 0 saturated carbocycles. The Bertz CT molecular complexity index is 1130. The molecule has 1 fully saturated rings. The molecule has 3 aromatic rings. The van der Waals surface area contributed by atoms with Crippen LogP contribution in [0.4, 0.5) is 23.5 Å². The third kappa shape index (κ3) is 4.24. The molecule has 32 heavy (non-hydrogen) atoms. The molecule has 1 aromatic carbocycles. The number of likely N-dealkylation sites (N-methyl/N-ethyl adjacent to an activating group) is 1. The molecule has 0 aliphatic carbocycles. The average molecular weight is 451 g/mol. The number of hydrogen-bond donors (Lipinski definition) is 1. The van der Waals surface area contributed by atoms with Crippen molar-refractivity contribution in [2.24, 2.45) is 0 Å². The summed E-state index contributed by atoms with van der Waals surface area (Å²) in [6.07, 6.45) is -1.24. The molecule has 2 aromatic heterocycles. The standard InChI is InChI=1S/C21H21F4N5O2/c1-2-29-8-3-4-14(11-29)26-20-28-27-18(19-16(22)7-9-30(19)20)15-6-5-13(21(23,24)25)10-17(15)32-12-31/h5-7,9-10,12,14H,2-4,8,11H2,1H3,(H,26,28)/t14-/m1/s1. The predicted molar refractivity (Wildman–Crippen MR) is 109 cm³/mol. The minimum atomic E-state index is -4.64. The van der Waals surface area contributed by atoms with E-state index in [2.05, 4.69) is 27.3 Å². The third-order valence-electron chi connectivity index (χ3n) is 5.56. The molecule has 0 unspecified atom stereocenters. The number of anilines is 1. The Labute approximate surface area is 181 Å². The quantitative estimate of drug-likeness (QED) is 0.452. The van der Waals surface area contributed by atoms with E-state index < -0.39 is 23.3 Å². The fourth-order valence-corrected chi connectivity index (χ4v) is 3.97. The maximum absolute atomic E-state index is 14.7. The summed E-state index contributed by atoms with van der Waals surface area (Å²) in [5.74, 6) is -0.702. The molecule has 4 rings (SSSR count). The van der Waals surface area contributed by atoms with Gasteiger partial charge in [0.25, 0.3) is 6.47 Å². The van der Waals surface area contributed by atoms with Crippen LogP contribution in [0.25, 0.3) is 16.8 Å². The van der Waals surface area contributed by atoms with E-state index in [1.807, 2.05) is 0 Å². The molecule has 1 aliphatic rings. The molecule has 3 heterocycles. The monoisotopic (exact) mass is 451 g/mol. The minimum absolute atomic E-state index is 0.0105. The van der Waals surface area contributed by atoms with Crippen molar-refractivity contribution in [1.82, 2.24) is 19.5 Å². The van der Waals surface area contributed by atoms with E-state index in [0.717, 1.165) is 44.6 Å². The molecule has 0 radical (unpaired) electrons. The number of likely N-dealkylation sites (tertiary alicyclic amines) is 1. The average Bonchev–Trinajstić information content (AvgIpc) is 3.16. The first-order chi connectivity index (χ1) is 15.3. The minimum Gasteiger partial charge on any atom is -0.428 e.